The number of nitrogens with zero attached hydrogens (tertiary/aromatic N) is 27. The number of nitriles is 1. The van der Waals surface area contributed by atoms with Crippen molar-refractivity contribution in [3.05, 3.63) is 217 Å². The van der Waals surface area contributed by atoms with Gasteiger partial charge in [-0.1, -0.05) is 60.6 Å². The van der Waals surface area contributed by atoms with Crippen molar-refractivity contribution in [2.75, 3.05) is 71.0 Å². The molecule has 16 heterocycles. The van der Waals surface area contributed by atoms with Crippen LogP contribution in [0.25, 0.3) is 45.6 Å². The molecule has 0 spiro atoms. The van der Waals surface area contributed by atoms with Crippen molar-refractivity contribution in [1.82, 2.24) is 128 Å². The predicted octanol–water partition coefficient (Wildman–Crippen LogP) is 15.6. The van der Waals surface area contributed by atoms with E-state index >= 15 is 0 Å². The molecule has 0 saturated carbocycles. The van der Waals surface area contributed by atoms with Gasteiger partial charge >= 0.3 is 0 Å². The fourth-order valence-corrected chi connectivity index (χ4v) is 13.6. The van der Waals surface area contributed by atoms with Gasteiger partial charge in [-0.3, -0.25) is 47.3 Å². The Hall–Kier alpha value is -17.8. The lowest BCUT2D eigenvalue weighted by molar-refractivity contribution is 0.0980. The molecule has 0 bridgehead atoms. The maximum Gasteiger partial charge on any atom is 0.218 e. The van der Waals surface area contributed by atoms with Gasteiger partial charge in [-0.25, -0.2) is 69.8 Å². The quantitative estimate of drug-likeness (QED) is 0.0143. The Morgan fingerprint density at radius 1 is 0.365 bits per heavy atom. The third-order valence-electron chi connectivity index (χ3n) is 20.7. The topological polar surface area (TPSA) is 513 Å². The van der Waals surface area contributed by atoms with Crippen LogP contribution in [0.1, 0.15) is 138 Å². The van der Waals surface area contributed by atoms with Gasteiger partial charge in [-0.15, -0.1) is 0 Å². The smallest absolute Gasteiger partial charge is 0.218 e. The molecule has 44 heteroatoms. The molecule has 0 saturated heterocycles. The van der Waals surface area contributed by atoms with Crippen LogP contribution in [0.4, 0.5) is 97.0 Å². The van der Waals surface area contributed by atoms with Crippen LogP contribution in [0.3, 0.4) is 0 Å². The minimum absolute atomic E-state index is 0.0493. The summed E-state index contributed by atoms with van der Waals surface area (Å²) in [6.45, 7) is 16.9. The Balaban J connectivity index is 0.000000154. The van der Waals surface area contributed by atoms with Crippen LogP contribution in [0, 0.1) is 31.1 Å². The van der Waals surface area contributed by atoms with Crippen molar-refractivity contribution in [1.29, 1.82) is 5.26 Å². The summed E-state index contributed by atoms with van der Waals surface area (Å²) in [6, 6.07) is 28.1. The van der Waals surface area contributed by atoms with E-state index in [1.807, 2.05) is 66.9 Å². The number of aromatic nitrogens is 26. The molecular formula is C93H100FN35O8. The van der Waals surface area contributed by atoms with Gasteiger partial charge in [-0.05, 0) is 61.7 Å². The number of pyridine rings is 10. The van der Waals surface area contributed by atoms with Crippen molar-refractivity contribution in [2.24, 2.45) is 42.3 Å². The van der Waals surface area contributed by atoms with Crippen LogP contribution in [0.2, 0.25) is 0 Å². The number of carbonyl (C=O) groups is 4. The molecule has 0 amide bonds. The third kappa shape index (κ3) is 23.4. The summed E-state index contributed by atoms with van der Waals surface area (Å²) >= 11 is 0. The van der Waals surface area contributed by atoms with Crippen LogP contribution in [-0.2, 0) is 47.7 Å². The van der Waals surface area contributed by atoms with E-state index in [4.69, 9.17) is 24.2 Å². The second kappa shape index (κ2) is 43.5. The molecule has 0 aliphatic heterocycles. The first-order chi connectivity index (χ1) is 65.9. The largest absolute Gasteiger partial charge is 0.492 e. The third-order valence-corrected chi connectivity index (χ3v) is 20.7. The first kappa shape index (κ1) is 96.7. The lowest BCUT2D eigenvalue weighted by atomic mass is 9.88. The van der Waals surface area contributed by atoms with E-state index in [-0.39, 0.29) is 46.5 Å². The number of methoxy groups -OCH3 is 4. The number of carbonyl (C=O) groups excluding carboxylic acids is 4. The monoisotopic (exact) mass is 1850 g/mol. The number of ketones is 4. The van der Waals surface area contributed by atoms with Crippen LogP contribution in [-0.4, -0.2) is 180 Å². The Labute approximate surface area is 786 Å². The number of hydrogen-bond donors (Lipinski definition) is 8. The first-order valence-corrected chi connectivity index (χ1v) is 42.8. The molecule has 8 N–H and O–H groups in total. The van der Waals surface area contributed by atoms with Gasteiger partial charge in [0.1, 0.15) is 72.0 Å². The number of halogens is 1. The molecule has 0 aliphatic carbocycles. The van der Waals surface area contributed by atoms with E-state index in [0.717, 1.165) is 11.4 Å². The minimum atomic E-state index is -0.553. The zero-order chi connectivity index (χ0) is 97.9. The maximum atomic E-state index is 14.6. The highest BCUT2D eigenvalue weighted by Gasteiger charge is 2.27. The van der Waals surface area contributed by atoms with Crippen LogP contribution >= 0.6 is 0 Å². The molecule has 0 atom stereocenters. The van der Waals surface area contributed by atoms with Gasteiger partial charge < -0.3 is 61.5 Å². The molecule has 16 rings (SSSR count). The number of anilines is 16. The molecule has 0 aromatic carbocycles. The van der Waals surface area contributed by atoms with Gasteiger partial charge in [0.05, 0.1) is 95.7 Å². The average molecular weight is 1860 g/mol. The SMILES string of the molecule is CCC(=O)c1cnc(Nc2cc(C)n(C)n2)cc1Nc1nccc(-c2ncn(C)n2)c1OC.CCC(=O)c1cnc(Nc2cc(C)n(C)n2)cc1Nc1nccc(-c2ncn(C)n2)c1OC.CCC(=O)c1cnc(Nc2ccc(C(C)(C)C)c(F)n2)cc1Nc1nccc(-c2ncn(C)n2)c1OC.CCC(=O)c1cnc(Nc2cccc(C#N)n2)cc1Nc1nccc(-c2ncn(C)n2)c1OC. The molecule has 0 aliphatic rings. The van der Waals surface area contributed by atoms with E-state index in [0.29, 0.717) is 202 Å². The van der Waals surface area contributed by atoms with E-state index < -0.39 is 5.95 Å². The average Bonchev–Trinajstić information content (AvgIpc) is 1.71. The number of hydrogen-bond acceptors (Lipinski definition) is 37. The molecule has 16 aromatic rings. The highest BCUT2D eigenvalue weighted by Crippen LogP contribution is 2.42. The number of Topliss-reactive ketones (excluding diaryl/α,β-unsaturated/α-hetero) is 4. The predicted molar refractivity (Wildman–Crippen MR) is 513 cm³/mol. The lowest BCUT2D eigenvalue weighted by Crippen LogP contribution is -2.15. The van der Waals surface area contributed by atoms with Crippen molar-refractivity contribution < 1.29 is 42.5 Å². The van der Waals surface area contributed by atoms with E-state index in [1.165, 1.54) is 26.6 Å². The molecule has 137 heavy (non-hydrogen) atoms. The van der Waals surface area contributed by atoms with Gasteiger partial charge in [0.15, 0.2) is 104 Å². The summed E-state index contributed by atoms with van der Waals surface area (Å²) in [4.78, 5) is 111. The highest BCUT2D eigenvalue weighted by atomic mass is 19.1. The van der Waals surface area contributed by atoms with E-state index in [2.05, 4.69) is 143 Å². The van der Waals surface area contributed by atoms with Gasteiger partial charge in [0.2, 0.25) is 5.95 Å². The number of nitrogens with one attached hydrogen (secondary N) is 8. The number of aryl methyl sites for hydroxylation is 8. The van der Waals surface area contributed by atoms with E-state index in [9.17, 15) is 23.6 Å². The fourth-order valence-electron chi connectivity index (χ4n) is 13.6. The Bertz CT molecular complexity index is 6880. The van der Waals surface area contributed by atoms with Crippen LogP contribution in [0.5, 0.6) is 23.0 Å². The summed E-state index contributed by atoms with van der Waals surface area (Å²) in [6.07, 6.45) is 20.2. The van der Waals surface area contributed by atoms with Crippen LogP contribution in [0.15, 0.2) is 166 Å². The van der Waals surface area contributed by atoms with E-state index in [1.54, 1.807) is 240 Å². The molecule has 43 nitrogen and oxygen atoms in total. The van der Waals surface area contributed by atoms with Crippen molar-refractivity contribution in [3.63, 3.8) is 0 Å². The molecule has 16 aromatic heterocycles. The van der Waals surface area contributed by atoms with Crippen molar-refractivity contribution in [3.8, 4) is 74.6 Å². The summed E-state index contributed by atoms with van der Waals surface area (Å²) < 4.78 is 47.1. The van der Waals surface area contributed by atoms with Gasteiger partial charge in [-0.2, -0.15) is 40.2 Å². The molecule has 0 unspecified atom stereocenters. The fraction of sp³-hybridized carbons (Fsp3) is 0.258. The van der Waals surface area contributed by atoms with Gasteiger partial charge in [0, 0.05) is 171 Å². The highest BCUT2D eigenvalue weighted by molar-refractivity contribution is 6.05. The minimum Gasteiger partial charge on any atom is -0.492 e. The Kier molecular flexibility index (Phi) is 30.7. The number of rotatable bonds is 32. The van der Waals surface area contributed by atoms with Crippen molar-refractivity contribution in [2.45, 2.75) is 93.4 Å². The van der Waals surface area contributed by atoms with Gasteiger partial charge in [0.25, 0.3) is 0 Å². The summed E-state index contributed by atoms with van der Waals surface area (Å²) in [5.74, 6) is 8.41. The Morgan fingerprint density at radius 3 is 0.898 bits per heavy atom. The summed E-state index contributed by atoms with van der Waals surface area (Å²) in [5.41, 5.74) is 8.75. The summed E-state index contributed by atoms with van der Waals surface area (Å²) in [5, 5.41) is 60.6. The Morgan fingerprint density at radius 2 is 0.657 bits per heavy atom. The normalized spacial score (nSPS) is 10.9. The second-order valence-corrected chi connectivity index (χ2v) is 31.4. The molecular weight excluding hydrogens is 1750 g/mol. The lowest BCUT2D eigenvalue weighted by Gasteiger charge is -2.19. The van der Waals surface area contributed by atoms with Crippen LogP contribution < -0.4 is 61.5 Å². The second-order valence-electron chi connectivity index (χ2n) is 31.4. The molecule has 0 radical (unpaired) electrons. The zero-order valence-electron chi connectivity index (χ0n) is 78.6. The summed E-state index contributed by atoms with van der Waals surface area (Å²) in [7, 11) is 17.0. The molecule has 0 fully saturated rings. The van der Waals surface area contributed by atoms with Crippen molar-refractivity contribution >= 4 is 116 Å². The maximum absolute atomic E-state index is 14.6. The standard InChI is InChI=1S/C26H29FN8O2.C23H21N9O2.2C22H25N9O2/c1-7-19(36)16-13-29-21(32-20-9-8-17(23(27)33-20)26(2,3)4)12-18(16)31-25-22(37-6)15(10-11-28-25)24-30-14-35(5)34-24;1-4-18(33)16-12-26-20(30-19-7-5-6-14(11-24)28-19)10-17(16)29-23-21(34-3)15(8-9-25-23)22-27-13-32(2)31-22;2*1-6-17(32)15-11-24-18(27-19-9-13(2)31(4)28-19)10-16(15)26-22-20(33-5)14(7-8-23-22)21-25-12-30(3)29-21/h8-14H,7H2,1-6H3,(H2,28,29,31,32,33);5-10,12-13H,4H2,1-3H3,(H2,25,26,28,29,30);2*7-12H,6H2,1-5H3,(H2,23,24,26,27,28). The molecule has 702 valence electrons. The number of ether oxygens (including phenoxy) is 4. The zero-order valence-corrected chi connectivity index (χ0v) is 78.6. The first-order valence-electron chi connectivity index (χ1n) is 42.8.